The lowest BCUT2D eigenvalue weighted by Gasteiger charge is -2.32. The Morgan fingerprint density at radius 3 is 2.82 bits per heavy atom. The zero-order valence-electron chi connectivity index (χ0n) is 18.0. The highest BCUT2D eigenvalue weighted by Gasteiger charge is 2.39. The number of nitrogens with zero attached hydrogens (tertiary/aromatic N) is 4. The first kappa shape index (κ1) is 21.5. The number of hydrogen-bond acceptors (Lipinski definition) is 6. The molecule has 3 heterocycles. The molecule has 2 aliphatic rings. The number of benzene rings is 2. The van der Waals surface area contributed by atoms with Gasteiger partial charge in [-0.15, -0.1) is 0 Å². The molecule has 33 heavy (non-hydrogen) atoms. The van der Waals surface area contributed by atoms with Crippen molar-refractivity contribution in [3.63, 3.8) is 0 Å². The number of amides is 1. The predicted molar refractivity (Wildman–Crippen MR) is 124 cm³/mol. The number of carbonyl (C=O) groups is 1. The van der Waals surface area contributed by atoms with Gasteiger partial charge in [-0.2, -0.15) is 5.26 Å². The number of ether oxygens (including phenoxy) is 2. The second-order valence-electron chi connectivity index (χ2n) is 8.35. The molecule has 9 heteroatoms. The van der Waals surface area contributed by atoms with Crippen LogP contribution < -0.4 is 10.3 Å². The molecule has 5 rings (SSSR count). The normalized spacial score (nSPS) is 19.8. The van der Waals surface area contributed by atoms with Crippen LogP contribution in [-0.2, 0) is 11.3 Å². The van der Waals surface area contributed by atoms with Crippen LogP contribution >= 0.6 is 15.9 Å². The largest absolute Gasteiger partial charge is 0.489 e. The molecule has 0 aliphatic carbocycles. The second-order valence-corrected chi connectivity index (χ2v) is 9.20. The Balaban J connectivity index is 1.43. The van der Waals surface area contributed by atoms with E-state index in [1.807, 2.05) is 25.1 Å². The van der Waals surface area contributed by atoms with E-state index in [1.54, 1.807) is 27.7 Å². The Morgan fingerprint density at radius 2 is 2.06 bits per heavy atom. The molecule has 0 radical (unpaired) electrons. The molecule has 2 fully saturated rings. The van der Waals surface area contributed by atoms with Crippen molar-refractivity contribution in [3.05, 3.63) is 68.2 Å². The van der Waals surface area contributed by atoms with Crippen LogP contribution in [0.5, 0.6) is 5.75 Å². The Kier molecular flexibility index (Phi) is 5.54. The number of nitriles is 1. The fourth-order valence-corrected chi connectivity index (χ4v) is 4.85. The number of fused-ring (bicyclic) bond motifs is 2. The van der Waals surface area contributed by atoms with Crippen LogP contribution in [0.25, 0.3) is 10.9 Å². The average Bonchev–Trinajstić information content (AvgIpc) is 3.18. The van der Waals surface area contributed by atoms with E-state index in [0.717, 1.165) is 10.0 Å². The van der Waals surface area contributed by atoms with E-state index in [2.05, 4.69) is 27.0 Å². The van der Waals surface area contributed by atoms with Crippen molar-refractivity contribution in [3.8, 4) is 11.8 Å². The summed E-state index contributed by atoms with van der Waals surface area (Å²) >= 11 is 3.56. The van der Waals surface area contributed by atoms with E-state index >= 15 is 0 Å². The van der Waals surface area contributed by atoms with Gasteiger partial charge in [0.25, 0.3) is 5.56 Å². The SMILES string of the molecule is Cc1nc2cc(Br)c(O[C@H]3CCN4C(=O)OC[C@@H]4C3)cc2c(=O)n1Cc1ccc(C#N)cc1. The zero-order chi connectivity index (χ0) is 23.1. The monoisotopic (exact) mass is 508 g/mol. The number of halogens is 1. The van der Waals surface area contributed by atoms with Gasteiger partial charge in [0, 0.05) is 19.4 Å². The maximum absolute atomic E-state index is 13.4. The van der Waals surface area contributed by atoms with Crippen LogP contribution in [0.2, 0.25) is 0 Å². The van der Waals surface area contributed by atoms with E-state index in [-0.39, 0.29) is 23.8 Å². The lowest BCUT2D eigenvalue weighted by atomic mass is 10.0. The lowest BCUT2D eigenvalue weighted by molar-refractivity contribution is 0.0931. The minimum Gasteiger partial charge on any atom is -0.489 e. The fraction of sp³-hybridized carbons (Fsp3) is 0.333. The van der Waals surface area contributed by atoms with Gasteiger partial charge in [0.2, 0.25) is 0 Å². The van der Waals surface area contributed by atoms with Gasteiger partial charge in [0.1, 0.15) is 24.3 Å². The number of cyclic esters (lactones) is 1. The van der Waals surface area contributed by atoms with Crippen molar-refractivity contribution < 1.29 is 14.3 Å². The van der Waals surface area contributed by atoms with Gasteiger partial charge in [0.15, 0.2) is 0 Å². The molecule has 0 unspecified atom stereocenters. The van der Waals surface area contributed by atoms with Crippen molar-refractivity contribution >= 4 is 32.9 Å². The number of rotatable bonds is 4. The van der Waals surface area contributed by atoms with Crippen molar-refractivity contribution in [2.45, 2.75) is 38.5 Å². The van der Waals surface area contributed by atoms with E-state index in [4.69, 9.17) is 14.7 Å². The third-order valence-electron chi connectivity index (χ3n) is 6.22. The number of aryl methyl sites for hydroxylation is 1. The number of aromatic nitrogens is 2. The van der Waals surface area contributed by atoms with Crippen molar-refractivity contribution in [1.82, 2.24) is 14.5 Å². The van der Waals surface area contributed by atoms with Crippen LogP contribution in [0.15, 0.2) is 45.7 Å². The number of carbonyl (C=O) groups excluding carboxylic acids is 1. The van der Waals surface area contributed by atoms with Crippen LogP contribution in [0, 0.1) is 18.3 Å². The van der Waals surface area contributed by atoms with E-state index < -0.39 is 0 Å². The summed E-state index contributed by atoms with van der Waals surface area (Å²) in [6, 6.07) is 12.8. The zero-order valence-corrected chi connectivity index (χ0v) is 19.5. The molecule has 0 spiro atoms. The third kappa shape index (κ3) is 4.07. The van der Waals surface area contributed by atoms with Gasteiger partial charge < -0.3 is 14.4 Å². The van der Waals surface area contributed by atoms with Gasteiger partial charge in [-0.05, 0) is 52.7 Å². The second kappa shape index (κ2) is 8.52. The van der Waals surface area contributed by atoms with E-state index in [0.29, 0.717) is 60.6 Å². The molecule has 2 aromatic carbocycles. The Labute approximate surface area is 198 Å². The molecule has 2 atom stereocenters. The number of hydrogen-bond donors (Lipinski definition) is 0. The first-order valence-corrected chi connectivity index (χ1v) is 11.5. The molecule has 0 N–H and O–H groups in total. The molecule has 0 saturated carbocycles. The molecule has 3 aromatic rings. The van der Waals surface area contributed by atoms with Gasteiger partial charge >= 0.3 is 6.09 Å². The van der Waals surface area contributed by atoms with E-state index in [1.165, 1.54) is 0 Å². The van der Waals surface area contributed by atoms with Crippen molar-refractivity contribution in [2.75, 3.05) is 13.2 Å². The summed E-state index contributed by atoms with van der Waals surface area (Å²) < 4.78 is 13.8. The number of piperidine rings is 1. The Morgan fingerprint density at radius 1 is 1.27 bits per heavy atom. The Hall–Kier alpha value is -3.38. The topological polar surface area (TPSA) is 97.4 Å². The molecular weight excluding hydrogens is 488 g/mol. The molecule has 1 amide bonds. The third-order valence-corrected chi connectivity index (χ3v) is 6.84. The van der Waals surface area contributed by atoms with Gasteiger partial charge in [0.05, 0.1) is 39.6 Å². The molecule has 1 aromatic heterocycles. The summed E-state index contributed by atoms with van der Waals surface area (Å²) in [5.74, 6) is 1.19. The average molecular weight is 509 g/mol. The summed E-state index contributed by atoms with van der Waals surface area (Å²) in [6.07, 6.45) is 1.06. The predicted octanol–water partition coefficient (Wildman–Crippen LogP) is 3.75. The van der Waals surface area contributed by atoms with Crippen LogP contribution in [-0.4, -0.2) is 45.8 Å². The molecule has 168 valence electrons. The minimum absolute atomic E-state index is 0.0319. The van der Waals surface area contributed by atoms with Gasteiger partial charge in [-0.1, -0.05) is 12.1 Å². The maximum Gasteiger partial charge on any atom is 0.410 e. The molecule has 0 bridgehead atoms. The summed E-state index contributed by atoms with van der Waals surface area (Å²) in [4.78, 5) is 31.5. The van der Waals surface area contributed by atoms with Crippen molar-refractivity contribution in [2.24, 2.45) is 0 Å². The van der Waals surface area contributed by atoms with Crippen LogP contribution in [0.1, 0.15) is 29.8 Å². The standard InChI is InChI=1S/C24H21BrN4O4/c1-14-27-21-10-20(25)22(33-18-6-7-28-17(8-18)13-32-24(28)31)9-19(21)23(30)29(14)12-16-4-2-15(11-26)3-5-16/h2-5,9-10,17-18H,6-8,12-13H2,1H3/t17-,18-/m0/s1. The molecular formula is C24H21BrN4O4. The highest BCUT2D eigenvalue weighted by molar-refractivity contribution is 9.10. The Bertz CT molecular complexity index is 1350. The summed E-state index contributed by atoms with van der Waals surface area (Å²) in [5.41, 5.74) is 1.93. The van der Waals surface area contributed by atoms with Gasteiger partial charge in [-0.3, -0.25) is 9.36 Å². The van der Waals surface area contributed by atoms with Crippen LogP contribution in [0.3, 0.4) is 0 Å². The summed E-state index contributed by atoms with van der Waals surface area (Å²) in [6.45, 7) is 3.15. The quantitative estimate of drug-likeness (QED) is 0.532. The van der Waals surface area contributed by atoms with Crippen molar-refractivity contribution in [1.29, 1.82) is 5.26 Å². The smallest absolute Gasteiger partial charge is 0.410 e. The van der Waals surface area contributed by atoms with Crippen LogP contribution in [0.4, 0.5) is 4.79 Å². The first-order valence-electron chi connectivity index (χ1n) is 10.7. The lowest BCUT2D eigenvalue weighted by Crippen LogP contribution is -2.44. The summed E-state index contributed by atoms with van der Waals surface area (Å²) in [7, 11) is 0. The van der Waals surface area contributed by atoms with E-state index in [9.17, 15) is 9.59 Å². The molecule has 2 aliphatic heterocycles. The maximum atomic E-state index is 13.4. The fourth-order valence-electron chi connectivity index (χ4n) is 4.43. The van der Waals surface area contributed by atoms with Gasteiger partial charge in [-0.25, -0.2) is 9.78 Å². The summed E-state index contributed by atoms with van der Waals surface area (Å²) in [5, 5.41) is 9.47. The first-order chi connectivity index (χ1) is 15.9. The highest BCUT2D eigenvalue weighted by atomic mass is 79.9. The minimum atomic E-state index is -0.255. The molecule has 2 saturated heterocycles. The molecule has 8 nitrogen and oxygen atoms in total. The highest BCUT2D eigenvalue weighted by Crippen LogP contribution is 2.33.